The smallest absolute Gasteiger partial charge is 0.246 e. The second-order valence-electron chi connectivity index (χ2n) is 3.97. The first-order chi connectivity index (χ1) is 6.84. The molecule has 0 atom stereocenters. The van der Waals surface area contributed by atoms with E-state index in [1.165, 1.54) is 38.5 Å². The zero-order valence-corrected chi connectivity index (χ0v) is 9.14. The molecule has 14 heavy (non-hydrogen) atoms. The SMILES string of the molecule is CNC(=O)/C1=C/CCCCCCCC1. The van der Waals surface area contributed by atoms with E-state index >= 15 is 0 Å². The van der Waals surface area contributed by atoms with E-state index in [9.17, 15) is 4.79 Å². The van der Waals surface area contributed by atoms with Crippen molar-refractivity contribution in [3.8, 4) is 0 Å². The Balaban J connectivity index is 2.50. The lowest BCUT2D eigenvalue weighted by Crippen LogP contribution is -2.20. The first-order valence-electron chi connectivity index (χ1n) is 5.75. The summed E-state index contributed by atoms with van der Waals surface area (Å²) < 4.78 is 0. The number of carbonyl (C=O) groups is 1. The molecule has 0 unspecified atom stereocenters. The highest BCUT2D eigenvalue weighted by atomic mass is 16.1. The highest BCUT2D eigenvalue weighted by molar-refractivity contribution is 5.93. The maximum atomic E-state index is 11.5. The van der Waals surface area contributed by atoms with Crippen molar-refractivity contribution in [3.63, 3.8) is 0 Å². The van der Waals surface area contributed by atoms with Crippen LogP contribution in [-0.2, 0) is 4.79 Å². The molecule has 0 aromatic heterocycles. The molecule has 0 heterocycles. The molecular formula is C12H21NO. The number of carbonyl (C=O) groups excluding carboxylic acids is 1. The zero-order valence-electron chi connectivity index (χ0n) is 9.14. The average molecular weight is 195 g/mol. The van der Waals surface area contributed by atoms with Crippen LogP contribution < -0.4 is 5.32 Å². The lowest BCUT2D eigenvalue weighted by atomic mass is 10.00. The molecule has 1 amide bonds. The molecule has 0 saturated carbocycles. The largest absolute Gasteiger partial charge is 0.355 e. The van der Waals surface area contributed by atoms with Crippen molar-refractivity contribution in [2.45, 2.75) is 51.4 Å². The summed E-state index contributed by atoms with van der Waals surface area (Å²) in [5.41, 5.74) is 0.995. The second kappa shape index (κ2) is 6.63. The van der Waals surface area contributed by atoms with Gasteiger partial charge in [-0.2, -0.15) is 0 Å². The summed E-state index contributed by atoms with van der Waals surface area (Å²) in [5, 5.41) is 2.71. The van der Waals surface area contributed by atoms with Crippen molar-refractivity contribution >= 4 is 5.91 Å². The van der Waals surface area contributed by atoms with Crippen LogP contribution in [0.25, 0.3) is 0 Å². The zero-order chi connectivity index (χ0) is 10.2. The number of amides is 1. The summed E-state index contributed by atoms with van der Waals surface area (Å²) in [5.74, 6) is 0.116. The Labute approximate surface area is 86.8 Å². The fraction of sp³-hybridized carbons (Fsp3) is 0.750. The van der Waals surface area contributed by atoms with Crippen molar-refractivity contribution in [1.82, 2.24) is 5.32 Å². The fourth-order valence-electron chi connectivity index (χ4n) is 1.91. The standard InChI is InChI=1S/C12H21NO/c1-13-12(14)11-9-7-5-3-2-4-6-8-10-11/h9H,2-8,10H2,1H3,(H,13,14)/b11-9+. The molecule has 1 aliphatic rings. The molecule has 0 aliphatic heterocycles. The molecular weight excluding hydrogens is 174 g/mol. The van der Waals surface area contributed by atoms with Crippen molar-refractivity contribution in [3.05, 3.63) is 11.6 Å². The second-order valence-corrected chi connectivity index (χ2v) is 3.97. The summed E-state index contributed by atoms with van der Waals surface area (Å²) in [6.45, 7) is 0. The lowest BCUT2D eigenvalue weighted by Gasteiger charge is -2.08. The Hall–Kier alpha value is -0.790. The molecule has 1 rings (SSSR count). The molecule has 0 bridgehead atoms. The van der Waals surface area contributed by atoms with Gasteiger partial charge in [0.25, 0.3) is 0 Å². The first kappa shape index (κ1) is 11.3. The predicted octanol–water partition coefficient (Wildman–Crippen LogP) is 2.79. The molecule has 0 spiro atoms. The van der Waals surface area contributed by atoms with Crippen molar-refractivity contribution < 1.29 is 4.79 Å². The maximum Gasteiger partial charge on any atom is 0.246 e. The van der Waals surface area contributed by atoms with E-state index in [-0.39, 0.29) is 5.91 Å². The Bertz CT molecular complexity index is 208. The fourth-order valence-corrected chi connectivity index (χ4v) is 1.91. The van der Waals surface area contributed by atoms with Gasteiger partial charge in [0.1, 0.15) is 0 Å². The number of likely N-dealkylation sites (N-methyl/N-ethyl adjacent to an activating group) is 1. The predicted molar refractivity (Wildman–Crippen MR) is 59.1 cm³/mol. The summed E-state index contributed by atoms with van der Waals surface area (Å²) >= 11 is 0. The third-order valence-corrected chi connectivity index (χ3v) is 2.81. The molecule has 1 aliphatic carbocycles. The van der Waals surface area contributed by atoms with E-state index in [0.717, 1.165) is 18.4 Å². The van der Waals surface area contributed by atoms with Crippen LogP contribution in [0.3, 0.4) is 0 Å². The Kier molecular flexibility index (Phi) is 5.35. The van der Waals surface area contributed by atoms with Gasteiger partial charge in [-0.1, -0.05) is 31.8 Å². The number of nitrogens with one attached hydrogen (secondary N) is 1. The van der Waals surface area contributed by atoms with Gasteiger partial charge in [0.15, 0.2) is 0 Å². The minimum Gasteiger partial charge on any atom is -0.355 e. The van der Waals surface area contributed by atoms with Crippen molar-refractivity contribution in [2.75, 3.05) is 7.05 Å². The van der Waals surface area contributed by atoms with Crippen LogP contribution in [0.1, 0.15) is 51.4 Å². The molecule has 2 nitrogen and oxygen atoms in total. The third-order valence-electron chi connectivity index (χ3n) is 2.81. The van der Waals surface area contributed by atoms with Crippen LogP contribution >= 0.6 is 0 Å². The highest BCUT2D eigenvalue weighted by Gasteiger charge is 2.07. The van der Waals surface area contributed by atoms with Crippen LogP contribution in [0.2, 0.25) is 0 Å². The van der Waals surface area contributed by atoms with Crippen LogP contribution in [0.4, 0.5) is 0 Å². The minimum atomic E-state index is 0.116. The molecule has 80 valence electrons. The molecule has 0 aromatic carbocycles. The van der Waals surface area contributed by atoms with Crippen molar-refractivity contribution in [1.29, 1.82) is 0 Å². The van der Waals surface area contributed by atoms with E-state index in [2.05, 4.69) is 11.4 Å². The molecule has 0 aromatic rings. The number of allylic oxidation sites excluding steroid dienone is 1. The summed E-state index contributed by atoms with van der Waals surface area (Å²) in [4.78, 5) is 11.5. The molecule has 0 saturated heterocycles. The van der Waals surface area contributed by atoms with Gasteiger partial charge in [0.05, 0.1) is 0 Å². The van der Waals surface area contributed by atoms with Crippen LogP contribution in [0.15, 0.2) is 11.6 Å². The maximum absolute atomic E-state index is 11.5. The number of hydrogen-bond donors (Lipinski definition) is 1. The Morgan fingerprint density at radius 2 is 1.79 bits per heavy atom. The van der Waals surface area contributed by atoms with E-state index in [1.807, 2.05) is 0 Å². The molecule has 0 fully saturated rings. The Morgan fingerprint density at radius 1 is 1.14 bits per heavy atom. The van der Waals surface area contributed by atoms with E-state index in [4.69, 9.17) is 0 Å². The molecule has 2 heteroatoms. The minimum absolute atomic E-state index is 0.116. The molecule has 0 radical (unpaired) electrons. The summed E-state index contributed by atoms with van der Waals surface area (Å²) in [7, 11) is 1.71. The van der Waals surface area contributed by atoms with Gasteiger partial charge in [-0.25, -0.2) is 0 Å². The van der Waals surface area contributed by atoms with Gasteiger partial charge in [-0.05, 0) is 25.7 Å². The van der Waals surface area contributed by atoms with Crippen LogP contribution in [-0.4, -0.2) is 13.0 Å². The molecule has 1 N–H and O–H groups in total. The van der Waals surface area contributed by atoms with E-state index in [0.29, 0.717) is 0 Å². The van der Waals surface area contributed by atoms with E-state index in [1.54, 1.807) is 7.05 Å². The van der Waals surface area contributed by atoms with Crippen LogP contribution in [0, 0.1) is 0 Å². The first-order valence-corrected chi connectivity index (χ1v) is 5.75. The van der Waals surface area contributed by atoms with Crippen LogP contribution in [0.5, 0.6) is 0 Å². The van der Waals surface area contributed by atoms with Gasteiger partial charge in [0, 0.05) is 12.6 Å². The van der Waals surface area contributed by atoms with Gasteiger partial charge in [-0.15, -0.1) is 0 Å². The van der Waals surface area contributed by atoms with Crippen molar-refractivity contribution in [2.24, 2.45) is 0 Å². The van der Waals surface area contributed by atoms with E-state index < -0.39 is 0 Å². The lowest BCUT2D eigenvalue weighted by molar-refractivity contribution is -0.117. The monoisotopic (exact) mass is 195 g/mol. The van der Waals surface area contributed by atoms with Gasteiger partial charge in [0.2, 0.25) is 5.91 Å². The average Bonchev–Trinajstić information content (AvgIpc) is 2.24. The summed E-state index contributed by atoms with van der Waals surface area (Å²) in [6, 6.07) is 0. The third kappa shape index (κ3) is 3.95. The van der Waals surface area contributed by atoms with Gasteiger partial charge in [-0.3, -0.25) is 4.79 Å². The summed E-state index contributed by atoms with van der Waals surface area (Å²) in [6.07, 6.45) is 11.8. The van der Waals surface area contributed by atoms with Gasteiger partial charge >= 0.3 is 0 Å². The number of rotatable bonds is 1. The number of hydrogen-bond acceptors (Lipinski definition) is 1. The topological polar surface area (TPSA) is 29.1 Å². The Morgan fingerprint density at radius 3 is 2.50 bits per heavy atom. The highest BCUT2D eigenvalue weighted by Crippen LogP contribution is 2.16. The quantitative estimate of drug-likeness (QED) is 0.685. The van der Waals surface area contributed by atoms with Gasteiger partial charge < -0.3 is 5.32 Å². The normalized spacial score (nSPS) is 23.4.